The zero-order valence-corrected chi connectivity index (χ0v) is 21.7. The Balaban J connectivity index is 1.79. The number of ether oxygens (including phenoxy) is 1. The van der Waals surface area contributed by atoms with Gasteiger partial charge < -0.3 is 20.7 Å². The predicted molar refractivity (Wildman–Crippen MR) is 136 cm³/mol. The molecule has 7 nitrogen and oxygen atoms in total. The number of pyridine rings is 1. The summed E-state index contributed by atoms with van der Waals surface area (Å²) in [6, 6.07) is 8.18. The molecule has 1 aliphatic rings. The van der Waals surface area contributed by atoms with Crippen molar-refractivity contribution in [2.24, 2.45) is 5.92 Å². The quantitative estimate of drug-likeness (QED) is 0.429. The van der Waals surface area contributed by atoms with Gasteiger partial charge in [0.05, 0.1) is 5.69 Å². The third kappa shape index (κ3) is 7.39. The van der Waals surface area contributed by atoms with Crippen molar-refractivity contribution in [3.05, 3.63) is 51.1 Å². The van der Waals surface area contributed by atoms with Gasteiger partial charge in [-0.2, -0.15) is 0 Å². The van der Waals surface area contributed by atoms with Crippen LogP contribution in [0.3, 0.4) is 0 Å². The van der Waals surface area contributed by atoms with Crippen LogP contribution in [0.2, 0.25) is 15.2 Å². The number of amides is 2. The van der Waals surface area contributed by atoms with Gasteiger partial charge in [0.2, 0.25) is 5.91 Å². The van der Waals surface area contributed by atoms with E-state index in [4.69, 9.17) is 45.3 Å². The molecule has 2 aromatic rings. The van der Waals surface area contributed by atoms with E-state index in [1.165, 1.54) is 0 Å². The largest absolute Gasteiger partial charge is 0.444 e. The monoisotopic (exact) mass is 526 g/mol. The number of nitrogens with one attached hydrogen (secondary N) is 1. The van der Waals surface area contributed by atoms with Crippen LogP contribution in [0, 0.1) is 5.92 Å². The maximum Gasteiger partial charge on any atom is 0.410 e. The molecule has 0 bridgehead atoms. The second-order valence-corrected chi connectivity index (χ2v) is 10.7. The Hall–Kier alpha value is -2.22. The van der Waals surface area contributed by atoms with Gasteiger partial charge in [-0.1, -0.05) is 41.2 Å². The number of carbonyl (C=O) groups excluding carboxylic acids is 2. The van der Waals surface area contributed by atoms with Crippen LogP contribution in [0.15, 0.2) is 30.3 Å². The van der Waals surface area contributed by atoms with Gasteiger partial charge in [-0.05, 0) is 75.9 Å². The fourth-order valence-electron chi connectivity index (χ4n) is 4.04. The van der Waals surface area contributed by atoms with Crippen molar-refractivity contribution in [3.8, 4) is 0 Å². The molecule has 10 heteroatoms. The molecule has 184 valence electrons. The van der Waals surface area contributed by atoms with Gasteiger partial charge in [0.1, 0.15) is 16.6 Å². The standard InChI is InChI=1S/C24H29Cl3N4O3/c1-24(2,3)34-23(33)31(13-14-9-16(25)12-17(26)10-14)18-6-4-5-15(11-18)22(32)29-19-7-8-20(27)30-21(19)28/h7-10,12,15,18H,4-6,11,13H2,1-3H3,(H2,28,30)(H,29,32). The molecule has 2 unspecified atom stereocenters. The molecule has 2 amide bonds. The molecule has 3 rings (SSSR count). The fourth-order valence-corrected chi connectivity index (χ4v) is 4.76. The van der Waals surface area contributed by atoms with E-state index in [9.17, 15) is 9.59 Å². The lowest BCUT2D eigenvalue weighted by atomic mass is 9.84. The third-order valence-electron chi connectivity index (χ3n) is 5.51. The minimum atomic E-state index is -0.661. The molecule has 1 heterocycles. The lowest BCUT2D eigenvalue weighted by molar-refractivity contribution is -0.121. The van der Waals surface area contributed by atoms with E-state index in [-0.39, 0.29) is 35.4 Å². The molecule has 1 fully saturated rings. The number of halogens is 3. The maximum atomic E-state index is 13.2. The molecule has 3 N–H and O–H groups in total. The lowest BCUT2D eigenvalue weighted by Crippen LogP contribution is -2.46. The predicted octanol–water partition coefficient (Wildman–Crippen LogP) is 6.56. The van der Waals surface area contributed by atoms with Gasteiger partial charge in [0.25, 0.3) is 0 Å². The first-order valence-corrected chi connectivity index (χ1v) is 12.2. The molecule has 34 heavy (non-hydrogen) atoms. The molecular formula is C24H29Cl3N4O3. The number of hydrogen-bond acceptors (Lipinski definition) is 5. The van der Waals surface area contributed by atoms with Crippen LogP contribution in [0.5, 0.6) is 0 Å². The average Bonchev–Trinajstić information content (AvgIpc) is 2.72. The van der Waals surface area contributed by atoms with Crippen LogP contribution in [-0.4, -0.2) is 33.5 Å². The van der Waals surface area contributed by atoms with Gasteiger partial charge in [-0.15, -0.1) is 0 Å². The second kappa shape index (κ2) is 11.0. The first kappa shape index (κ1) is 26.4. The summed E-state index contributed by atoms with van der Waals surface area (Å²) < 4.78 is 5.69. The van der Waals surface area contributed by atoms with Crippen molar-refractivity contribution in [1.82, 2.24) is 9.88 Å². The molecule has 0 saturated heterocycles. The van der Waals surface area contributed by atoms with Gasteiger partial charge in [-0.3, -0.25) is 4.79 Å². The second-order valence-electron chi connectivity index (χ2n) is 9.46. The minimum Gasteiger partial charge on any atom is -0.444 e. The van der Waals surface area contributed by atoms with Crippen molar-refractivity contribution < 1.29 is 14.3 Å². The summed E-state index contributed by atoms with van der Waals surface area (Å²) in [6.45, 7) is 5.73. The lowest BCUT2D eigenvalue weighted by Gasteiger charge is -2.38. The van der Waals surface area contributed by atoms with E-state index >= 15 is 0 Å². The molecule has 1 aliphatic carbocycles. The van der Waals surface area contributed by atoms with E-state index in [1.54, 1.807) is 35.2 Å². The number of aromatic nitrogens is 1. The molecule has 0 spiro atoms. The number of rotatable bonds is 5. The number of carbonyl (C=O) groups is 2. The topological polar surface area (TPSA) is 97.5 Å². The van der Waals surface area contributed by atoms with Crippen LogP contribution < -0.4 is 11.1 Å². The number of hydrogen-bond donors (Lipinski definition) is 2. The number of nitrogens with two attached hydrogens (primary N) is 1. The average molecular weight is 528 g/mol. The molecule has 1 aromatic carbocycles. The van der Waals surface area contributed by atoms with Crippen molar-refractivity contribution in [3.63, 3.8) is 0 Å². The summed E-state index contributed by atoms with van der Waals surface area (Å²) in [4.78, 5) is 31.8. The first-order chi connectivity index (χ1) is 15.9. The SMILES string of the molecule is CC(C)(C)OC(=O)N(Cc1cc(Cl)cc(Cl)c1)C1CCCC(C(=O)Nc2ccc(Cl)nc2N)C1. The molecule has 2 atom stereocenters. The molecular weight excluding hydrogens is 499 g/mol. The van der Waals surface area contributed by atoms with Crippen LogP contribution >= 0.6 is 34.8 Å². The van der Waals surface area contributed by atoms with Gasteiger partial charge in [0, 0.05) is 28.5 Å². The normalized spacial score (nSPS) is 18.3. The highest BCUT2D eigenvalue weighted by Crippen LogP contribution is 2.32. The summed E-state index contributed by atoms with van der Waals surface area (Å²) in [5.74, 6) is -0.321. The van der Waals surface area contributed by atoms with Crippen LogP contribution in [0.1, 0.15) is 52.0 Å². The van der Waals surface area contributed by atoms with Gasteiger partial charge in [-0.25, -0.2) is 9.78 Å². The highest BCUT2D eigenvalue weighted by Gasteiger charge is 2.35. The number of benzene rings is 1. The third-order valence-corrected chi connectivity index (χ3v) is 6.16. The van der Waals surface area contributed by atoms with Gasteiger partial charge >= 0.3 is 6.09 Å². The fraction of sp³-hybridized carbons (Fsp3) is 0.458. The molecule has 1 aromatic heterocycles. The summed E-state index contributed by atoms with van der Waals surface area (Å²) >= 11 is 18.2. The Morgan fingerprint density at radius 2 is 1.82 bits per heavy atom. The van der Waals surface area contributed by atoms with Crippen LogP contribution in [-0.2, 0) is 16.1 Å². The number of nitrogens with zero attached hydrogens (tertiary/aromatic N) is 2. The van der Waals surface area contributed by atoms with E-state index in [2.05, 4.69) is 10.3 Å². The first-order valence-electron chi connectivity index (χ1n) is 11.1. The summed E-state index contributed by atoms with van der Waals surface area (Å²) in [6.07, 6.45) is 2.28. The van der Waals surface area contributed by atoms with E-state index in [1.807, 2.05) is 20.8 Å². The number of anilines is 2. The summed E-state index contributed by atoms with van der Waals surface area (Å²) in [5.41, 5.74) is 6.42. The van der Waals surface area contributed by atoms with E-state index in [0.29, 0.717) is 28.6 Å². The van der Waals surface area contributed by atoms with Crippen molar-refractivity contribution in [2.45, 2.75) is 64.6 Å². The Kier molecular flexibility index (Phi) is 8.55. The van der Waals surface area contributed by atoms with Gasteiger partial charge in [0.15, 0.2) is 0 Å². The Morgan fingerprint density at radius 3 is 2.44 bits per heavy atom. The van der Waals surface area contributed by atoms with E-state index < -0.39 is 11.7 Å². The van der Waals surface area contributed by atoms with Crippen LogP contribution in [0.4, 0.5) is 16.3 Å². The highest BCUT2D eigenvalue weighted by molar-refractivity contribution is 6.34. The molecule has 0 radical (unpaired) electrons. The van der Waals surface area contributed by atoms with Crippen molar-refractivity contribution in [2.75, 3.05) is 11.1 Å². The Bertz CT molecular complexity index is 1040. The zero-order chi connectivity index (χ0) is 25.0. The molecule has 0 aliphatic heterocycles. The van der Waals surface area contributed by atoms with Crippen molar-refractivity contribution in [1.29, 1.82) is 0 Å². The van der Waals surface area contributed by atoms with Crippen molar-refractivity contribution >= 4 is 58.3 Å². The summed E-state index contributed by atoms with van der Waals surface area (Å²) in [7, 11) is 0. The highest BCUT2D eigenvalue weighted by atomic mass is 35.5. The maximum absolute atomic E-state index is 13.2. The molecule has 1 saturated carbocycles. The Labute approximate surface area is 214 Å². The smallest absolute Gasteiger partial charge is 0.410 e. The van der Waals surface area contributed by atoms with Crippen LogP contribution in [0.25, 0.3) is 0 Å². The zero-order valence-electron chi connectivity index (χ0n) is 19.4. The summed E-state index contributed by atoms with van der Waals surface area (Å²) in [5, 5.41) is 4.07. The van der Waals surface area contributed by atoms with E-state index in [0.717, 1.165) is 18.4 Å². The Morgan fingerprint density at radius 1 is 1.15 bits per heavy atom. The number of nitrogen functional groups attached to an aromatic ring is 1. The minimum absolute atomic E-state index is 0.154.